The van der Waals surface area contributed by atoms with Crippen LogP contribution >= 0.6 is 0 Å². The second-order valence-corrected chi connectivity index (χ2v) is 7.63. The largest absolute Gasteiger partial charge is 0.478 e. The molecule has 0 fully saturated rings. The molecule has 0 saturated carbocycles. The summed E-state index contributed by atoms with van der Waals surface area (Å²) >= 11 is 0. The van der Waals surface area contributed by atoms with Gasteiger partial charge in [-0.15, -0.1) is 0 Å². The van der Waals surface area contributed by atoms with Crippen LogP contribution in [0.3, 0.4) is 0 Å². The van der Waals surface area contributed by atoms with Crippen molar-refractivity contribution in [2.75, 3.05) is 6.26 Å². The van der Waals surface area contributed by atoms with Crippen molar-refractivity contribution >= 4 is 22.2 Å². The van der Waals surface area contributed by atoms with Crippen molar-refractivity contribution in [1.82, 2.24) is 5.32 Å². The van der Waals surface area contributed by atoms with Crippen LogP contribution in [0.5, 0.6) is 0 Å². The zero-order valence-corrected chi connectivity index (χ0v) is 13.8. The molecule has 1 aliphatic carbocycles. The summed E-state index contributed by atoms with van der Waals surface area (Å²) in [5.41, 5.74) is 0.0511. The van der Waals surface area contributed by atoms with Crippen molar-refractivity contribution in [3.8, 4) is 0 Å². The van der Waals surface area contributed by atoms with E-state index < -0.39 is 33.2 Å². The third kappa shape index (κ3) is 4.54. The van der Waals surface area contributed by atoms with Crippen LogP contribution in [0.1, 0.15) is 33.1 Å². The molecule has 0 unspecified atom stereocenters. The summed E-state index contributed by atoms with van der Waals surface area (Å²) in [7, 11) is -3.54. The van der Waals surface area contributed by atoms with Crippen LogP contribution < -0.4 is 5.32 Å². The first-order valence-electron chi connectivity index (χ1n) is 7.22. The Balaban J connectivity index is 3.24. The molecule has 7 nitrogen and oxygen atoms in total. The Kier molecular flexibility index (Phi) is 6.55. The Morgan fingerprint density at radius 3 is 2.50 bits per heavy atom. The van der Waals surface area contributed by atoms with Crippen LogP contribution in [0.15, 0.2) is 11.6 Å². The van der Waals surface area contributed by atoms with Gasteiger partial charge < -0.3 is 15.2 Å². The van der Waals surface area contributed by atoms with Gasteiger partial charge in [-0.2, -0.15) is 0 Å². The Morgan fingerprint density at radius 2 is 2.09 bits per heavy atom. The Morgan fingerprint density at radius 1 is 1.50 bits per heavy atom. The van der Waals surface area contributed by atoms with Gasteiger partial charge >= 0.3 is 5.97 Å². The highest BCUT2D eigenvalue weighted by Gasteiger charge is 2.42. The number of carbonyl (C=O) groups excluding carboxylic acids is 1. The molecule has 22 heavy (non-hydrogen) atoms. The minimum atomic E-state index is -3.54. The van der Waals surface area contributed by atoms with Crippen LogP contribution in [-0.4, -0.2) is 55.7 Å². The molecule has 0 aromatic carbocycles. The number of ether oxygens (including phenoxy) is 1. The number of hydrogen-bond acceptors (Lipinski definition) is 5. The highest BCUT2D eigenvalue weighted by molar-refractivity contribution is 7.91. The molecule has 0 saturated heterocycles. The second kappa shape index (κ2) is 7.73. The number of amides is 1. The van der Waals surface area contributed by atoms with Crippen molar-refractivity contribution in [2.24, 2.45) is 0 Å². The van der Waals surface area contributed by atoms with E-state index in [1.165, 1.54) is 6.08 Å². The Hall–Kier alpha value is -1.41. The average molecular weight is 333 g/mol. The van der Waals surface area contributed by atoms with Gasteiger partial charge in [-0.25, -0.2) is 13.2 Å². The van der Waals surface area contributed by atoms with Gasteiger partial charge in [0.2, 0.25) is 6.41 Å². The molecule has 0 radical (unpaired) electrons. The maximum Gasteiger partial charge on any atom is 0.331 e. The first-order chi connectivity index (χ1) is 10.2. The molecule has 1 amide bonds. The number of rotatable bonds is 8. The summed E-state index contributed by atoms with van der Waals surface area (Å²) in [5, 5.41) is 10.6. The molecule has 0 spiro atoms. The molecule has 126 valence electrons. The zero-order chi connectivity index (χ0) is 16.9. The predicted molar refractivity (Wildman–Crippen MR) is 81.2 cm³/mol. The van der Waals surface area contributed by atoms with Crippen LogP contribution in [-0.2, 0) is 24.2 Å². The normalized spacial score (nSPS) is 25.6. The van der Waals surface area contributed by atoms with Crippen LogP contribution in [0, 0.1) is 0 Å². The number of hydrogen-bond donors (Lipinski definition) is 2. The van der Waals surface area contributed by atoms with Gasteiger partial charge in [0.15, 0.2) is 9.84 Å². The van der Waals surface area contributed by atoms with Crippen molar-refractivity contribution in [2.45, 2.75) is 56.6 Å². The molecule has 0 aromatic rings. The van der Waals surface area contributed by atoms with E-state index in [-0.39, 0.29) is 18.1 Å². The van der Waals surface area contributed by atoms with Gasteiger partial charge in [0.05, 0.1) is 18.2 Å². The van der Waals surface area contributed by atoms with Crippen molar-refractivity contribution in [3.63, 3.8) is 0 Å². The lowest BCUT2D eigenvalue weighted by Gasteiger charge is -2.36. The fourth-order valence-electron chi connectivity index (χ4n) is 2.71. The molecule has 0 heterocycles. The fourth-order valence-corrected chi connectivity index (χ4v) is 4.11. The van der Waals surface area contributed by atoms with E-state index in [2.05, 4.69) is 5.32 Å². The van der Waals surface area contributed by atoms with E-state index >= 15 is 0 Å². The lowest BCUT2D eigenvalue weighted by molar-refractivity contribution is -0.133. The summed E-state index contributed by atoms with van der Waals surface area (Å²) in [5.74, 6) is -1.14. The molecule has 0 aromatic heterocycles. The molecule has 1 rings (SSSR count). The summed E-state index contributed by atoms with van der Waals surface area (Å²) in [6, 6.07) is -0.817. The van der Waals surface area contributed by atoms with E-state index in [0.717, 1.165) is 6.26 Å². The summed E-state index contributed by atoms with van der Waals surface area (Å²) in [4.78, 5) is 22.0. The monoisotopic (exact) mass is 333 g/mol. The van der Waals surface area contributed by atoms with Gasteiger partial charge in [-0.3, -0.25) is 4.79 Å². The summed E-state index contributed by atoms with van der Waals surface area (Å²) in [6.45, 7) is 3.82. The number of aliphatic carboxylic acids is 1. The molecule has 0 aliphatic heterocycles. The van der Waals surface area contributed by atoms with E-state index in [9.17, 15) is 23.1 Å². The molecule has 0 bridgehead atoms. The number of carbonyl (C=O) groups is 2. The van der Waals surface area contributed by atoms with E-state index in [4.69, 9.17) is 4.74 Å². The predicted octanol–water partition coefficient (Wildman–Crippen LogP) is 0.503. The van der Waals surface area contributed by atoms with Gasteiger partial charge in [-0.05, 0) is 18.9 Å². The number of carboxylic acids is 1. The summed E-state index contributed by atoms with van der Waals surface area (Å²) in [6.07, 6.45) is 3.08. The quantitative estimate of drug-likeness (QED) is 0.626. The van der Waals surface area contributed by atoms with Crippen molar-refractivity contribution < 1.29 is 27.9 Å². The first kappa shape index (κ1) is 18.6. The van der Waals surface area contributed by atoms with E-state index in [1.807, 2.05) is 13.8 Å². The Labute approximate surface area is 130 Å². The van der Waals surface area contributed by atoms with Crippen LogP contribution in [0.2, 0.25) is 0 Å². The highest BCUT2D eigenvalue weighted by Crippen LogP contribution is 2.28. The fraction of sp³-hybridized carbons (Fsp3) is 0.714. The van der Waals surface area contributed by atoms with Crippen LogP contribution in [0.4, 0.5) is 0 Å². The summed E-state index contributed by atoms with van der Waals surface area (Å²) < 4.78 is 30.0. The molecular weight excluding hydrogens is 310 g/mol. The maximum absolute atomic E-state index is 12.1. The third-order valence-electron chi connectivity index (χ3n) is 3.84. The van der Waals surface area contributed by atoms with E-state index in [0.29, 0.717) is 19.3 Å². The topological polar surface area (TPSA) is 110 Å². The number of carboxylic acid groups (broad SMARTS) is 1. The van der Waals surface area contributed by atoms with E-state index in [1.54, 1.807) is 0 Å². The molecule has 3 atom stereocenters. The van der Waals surface area contributed by atoms with Gasteiger partial charge in [0.25, 0.3) is 0 Å². The smallest absolute Gasteiger partial charge is 0.331 e. The third-order valence-corrected chi connectivity index (χ3v) is 5.42. The van der Waals surface area contributed by atoms with Crippen LogP contribution in [0.25, 0.3) is 0 Å². The molecular formula is C14H23NO6S. The number of nitrogens with one attached hydrogen (secondary N) is 1. The Bertz CT molecular complexity index is 538. The second-order valence-electron chi connectivity index (χ2n) is 5.43. The zero-order valence-electron chi connectivity index (χ0n) is 13.0. The maximum atomic E-state index is 12.1. The molecule has 1 aliphatic rings. The SMILES string of the molecule is CCC(CC)O[C@@H]1C=C(C(=O)O)C[C@@H](NC=O)[C@H]1S(C)(=O)=O. The lowest BCUT2D eigenvalue weighted by Crippen LogP contribution is -2.53. The van der Waals surface area contributed by atoms with Gasteiger partial charge in [-0.1, -0.05) is 13.8 Å². The number of sulfone groups is 1. The molecule has 2 N–H and O–H groups in total. The van der Waals surface area contributed by atoms with Gasteiger partial charge in [0.1, 0.15) is 5.25 Å². The minimum Gasteiger partial charge on any atom is -0.478 e. The lowest BCUT2D eigenvalue weighted by atomic mass is 9.92. The standard InChI is InChI=1S/C14H23NO6S/c1-4-10(5-2)21-12-7-9(14(17)18)6-11(15-8-16)13(12)22(3,19)20/h7-8,10-13H,4-6H2,1-3H3,(H,15,16)(H,17,18)/t11-,12-,13-/m1/s1. The minimum absolute atomic E-state index is 0.0470. The molecule has 8 heteroatoms. The van der Waals surface area contributed by atoms with Crippen molar-refractivity contribution in [1.29, 1.82) is 0 Å². The average Bonchev–Trinajstić information content (AvgIpc) is 2.43. The first-order valence-corrected chi connectivity index (χ1v) is 9.18. The highest BCUT2D eigenvalue weighted by atomic mass is 32.2. The van der Waals surface area contributed by atoms with Gasteiger partial charge in [0, 0.05) is 18.2 Å². The van der Waals surface area contributed by atoms with Crippen molar-refractivity contribution in [3.05, 3.63) is 11.6 Å².